The zero-order valence-electron chi connectivity index (χ0n) is 25.1. The molecule has 2 fully saturated rings. The summed E-state index contributed by atoms with van der Waals surface area (Å²) < 4.78 is 0. The van der Waals surface area contributed by atoms with Crippen molar-refractivity contribution in [1.82, 2.24) is 10.2 Å². The van der Waals surface area contributed by atoms with Gasteiger partial charge in [-0.1, -0.05) is 19.6 Å². The fourth-order valence-electron chi connectivity index (χ4n) is 5.93. The molecule has 0 aromatic heterocycles. The third-order valence-corrected chi connectivity index (χ3v) is 8.55. The minimum absolute atomic E-state index is 0.453. The quantitative estimate of drug-likeness (QED) is 0.415. The molecular formula is C33H50N6. The topological polar surface area (TPSA) is 55.6 Å². The van der Waals surface area contributed by atoms with Gasteiger partial charge >= 0.3 is 0 Å². The van der Waals surface area contributed by atoms with Crippen LogP contribution in [0.1, 0.15) is 77.7 Å². The van der Waals surface area contributed by atoms with Crippen molar-refractivity contribution in [1.29, 1.82) is 0 Å². The van der Waals surface area contributed by atoms with Gasteiger partial charge < -0.3 is 15.1 Å². The number of anilines is 1. The van der Waals surface area contributed by atoms with Crippen molar-refractivity contribution in [2.24, 2.45) is 20.9 Å². The van der Waals surface area contributed by atoms with Gasteiger partial charge in [-0.05, 0) is 107 Å². The number of allylic oxidation sites excluding steroid dienone is 3. The van der Waals surface area contributed by atoms with Gasteiger partial charge in [-0.25, -0.2) is 4.99 Å². The van der Waals surface area contributed by atoms with Crippen LogP contribution in [0.25, 0.3) is 0 Å². The molecule has 3 aliphatic rings. The predicted octanol–water partition coefficient (Wildman–Crippen LogP) is 5.35. The van der Waals surface area contributed by atoms with Gasteiger partial charge in [0.05, 0.1) is 35.2 Å². The number of hydrogen-bond donors (Lipinski definition) is 1. The molecule has 0 radical (unpaired) electrons. The average Bonchev–Trinajstić information content (AvgIpc) is 2.96. The highest BCUT2D eigenvalue weighted by atomic mass is 15.1. The molecule has 212 valence electrons. The maximum Gasteiger partial charge on any atom is 0.125 e. The lowest BCUT2D eigenvalue weighted by atomic mass is 9.82. The predicted molar refractivity (Wildman–Crippen MR) is 165 cm³/mol. The van der Waals surface area contributed by atoms with Crippen LogP contribution in [-0.2, 0) is 6.42 Å². The Kier molecular flexibility index (Phi) is 10.4. The highest BCUT2D eigenvalue weighted by Gasteiger charge is 2.24. The first-order valence-electron chi connectivity index (χ1n) is 15.2. The van der Waals surface area contributed by atoms with Gasteiger partial charge in [0.25, 0.3) is 0 Å². The second-order valence-corrected chi connectivity index (χ2v) is 11.7. The van der Waals surface area contributed by atoms with E-state index in [1.54, 1.807) is 0 Å². The van der Waals surface area contributed by atoms with Crippen LogP contribution in [0, 0.1) is 5.92 Å². The highest BCUT2D eigenvalue weighted by Crippen LogP contribution is 2.29. The average molecular weight is 531 g/mol. The van der Waals surface area contributed by atoms with Gasteiger partial charge in [0.1, 0.15) is 5.82 Å². The Balaban J connectivity index is 1.45. The summed E-state index contributed by atoms with van der Waals surface area (Å²) in [6.45, 7) is 14.6. The molecule has 0 bridgehead atoms. The number of hydrogen-bond acceptors (Lipinski definition) is 6. The molecule has 1 aliphatic carbocycles. The van der Waals surface area contributed by atoms with Crippen LogP contribution >= 0.6 is 0 Å². The molecule has 1 saturated carbocycles. The van der Waals surface area contributed by atoms with E-state index in [-0.39, 0.29) is 0 Å². The zero-order valence-corrected chi connectivity index (χ0v) is 25.1. The Morgan fingerprint density at radius 1 is 1.10 bits per heavy atom. The fraction of sp³-hybridized carbons (Fsp3) is 0.606. The van der Waals surface area contributed by atoms with Crippen LogP contribution in [0.3, 0.4) is 0 Å². The van der Waals surface area contributed by atoms with Crippen molar-refractivity contribution < 1.29 is 0 Å². The molecule has 4 rings (SSSR count). The summed E-state index contributed by atoms with van der Waals surface area (Å²) in [6.07, 6.45) is 14.9. The number of benzene rings is 1. The molecule has 6 nitrogen and oxygen atoms in total. The van der Waals surface area contributed by atoms with E-state index in [2.05, 4.69) is 48.9 Å². The zero-order chi connectivity index (χ0) is 27.8. The normalized spacial score (nSPS) is 22.5. The van der Waals surface area contributed by atoms with Gasteiger partial charge in [-0.3, -0.25) is 9.98 Å². The lowest BCUT2D eigenvalue weighted by Gasteiger charge is -2.32. The Labute approximate surface area is 236 Å². The summed E-state index contributed by atoms with van der Waals surface area (Å²) in [5, 5.41) is 6.12. The smallest absolute Gasteiger partial charge is 0.125 e. The molecule has 2 heterocycles. The van der Waals surface area contributed by atoms with E-state index in [1.165, 1.54) is 74.9 Å². The molecule has 0 amide bonds. The largest absolute Gasteiger partial charge is 0.376 e. The second kappa shape index (κ2) is 14.0. The molecule has 6 heteroatoms. The van der Waals surface area contributed by atoms with Crippen LogP contribution < -0.4 is 20.9 Å². The molecule has 1 N–H and O–H groups in total. The first-order chi connectivity index (χ1) is 18.9. The van der Waals surface area contributed by atoms with Crippen molar-refractivity contribution in [2.75, 3.05) is 45.2 Å². The molecular weight excluding hydrogens is 480 g/mol. The third kappa shape index (κ3) is 7.61. The van der Waals surface area contributed by atoms with Crippen LogP contribution in [0.4, 0.5) is 5.69 Å². The van der Waals surface area contributed by atoms with Crippen LogP contribution in [-0.4, -0.2) is 56.9 Å². The van der Waals surface area contributed by atoms with Crippen molar-refractivity contribution >= 4 is 11.4 Å². The molecule has 1 aromatic carbocycles. The number of piperidine rings is 1. The van der Waals surface area contributed by atoms with Crippen LogP contribution in [0.5, 0.6) is 0 Å². The number of fused-ring (bicyclic) bond motifs is 1. The Hall–Kier alpha value is -2.89. The first kappa shape index (κ1) is 29.1. The molecule has 39 heavy (non-hydrogen) atoms. The minimum Gasteiger partial charge on any atom is -0.376 e. The van der Waals surface area contributed by atoms with E-state index in [0.717, 1.165) is 53.9 Å². The van der Waals surface area contributed by atoms with Crippen LogP contribution in [0.15, 0.2) is 62.9 Å². The summed E-state index contributed by atoms with van der Waals surface area (Å²) >= 11 is 0. The van der Waals surface area contributed by atoms with E-state index in [0.29, 0.717) is 12.0 Å². The number of nitrogens with zero attached hydrogens (tertiary/aromatic N) is 5. The van der Waals surface area contributed by atoms with E-state index in [1.807, 2.05) is 32.0 Å². The monoisotopic (exact) mass is 530 g/mol. The van der Waals surface area contributed by atoms with Gasteiger partial charge in [0, 0.05) is 38.9 Å². The Morgan fingerprint density at radius 2 is 1.82 bits per heavy atom. The third-order valence-electron chi connectivity index (χ3n) is 8.55. The van der Waals surface area contributed by atoms with Crippen LogP contribution in [0.2, 0.25) is 0 Å². The summed E-state index contributed by atoms with van der Waals surface area (Å²) in [6, 6.07) is 5.19. The van der Waals surface area contributed by atoms with E-state index in [9.17, 15) is 0 Å². The van der Waals surface area contributed by atoms with Gasteiger partial charge in [-0.2, -0.15) is 0 Å². The number of aliphatic imine (C=N–C) groups is 1. The van der Waals surface area contributed by atoms with E-state index in [4.69, 9.17) is 15.0 Å². The Morgan fingerprint density at radius 3 is 2.49 bits per heavy atom. The summed E-state index contributed by atoms with van der Waals surface area (Å²) in [4.78, 5) is 19.5. The van der Waals surface area contributed by atoms with Crippen molar-refractivity contribution in [3.8, 4) is 0 Å². The summed E-state index contributed by atoms with van der Waals surface area (Å²) in [5.41, 5.74) is 5.90. The summed E-state index contributed by atoms with van der Waals surface area (Å²) in [5.74, 6) is 1.71. The molecule has 1 saturated heterocycles. The molecule has 2 aliphatic heterocycles. The van der Waals surface area contributed by atoms with Gasteiger partial charge in [0.2, 0.25) is 0 Å². The lowest BCUT2D eigenvalue weighted by molar-refractivity contribution is 0.300. The number of nitrogens with one attached hydrogen (secondary N) is 1. The summed E-state index contributed by atoms with van der Waals surface area (Å²) in [7, 11) is 4.04. The lowest BCUT2D eigenvalue weighted by Crippen LogP contribution is -2.38. The van der Waals surface area contributed by atoms with Gasteiger partial charge in [0.15, 0.2) is 0 Å². The minimum atomic E-state index is 0.453. The van der Waals surface area contributed by atoms with E-state index >= 15 is 0 Å². The molecule has 1 aromatic rings. The molecule has 0 atom stereocenters. The number of rotatable bonds is 10. The second-order valence-electron chi connectivity index (χ2n) is 11.7. The highest BCUT2D eigenvalue weighted by molar-refractivity contribution is 6.07. The Bertz CT molecular complexity index is 1210. The maximum atomic E-state index is 5.07. The molecule has 0 unspecified atom stereocenters. The molecule has 0 spiro atoms. The maximum absolute atomic E-state index is 5.07. The standard InChI is InChI=1S/C33H50N6/c1-7-12-30(25(4)38(5)6)37-33(24(3)8-2)36-28-15-13-26(14-16-28)21-27-22-29(39-19-10-9-11-20-39)23-31-32(27)35-18-17-34-31/h7,12,22-23,26,28,36H,4,8-11,13-21H2,1-3,5-6H3/b12-7-,33-24+,37-30-. The van der Waals surface area contributed by atoms with E-state index < -0.39 is 0 Å². The van der Waals surface area contributed by atoms with Crippen molar-refractivity contribution in [3.63, 3.8) is 0 Å². The van der Waals surface area contributed by atoms with Crippen molar-refractivity contribution in [2.45, 2.75) is 84.6 Å². The fourth-order valence-corrected chi connectivity index (χ4v) is 5.93. The SMILES string of the molecule is C=C(C(/C=C\C)=N\C(NC1CCC(Cc2cc(N3CCCCC3)cc3c2=NCCN=3)CC1)=C(/C)CC)N(C)C. The van der Waals surface area contributed by atoms with Gasteiger partial charge in [-0.15, -0.1) is 0 Å². The van der Waals surface area contributed by atoms with Crippen molar-refractivity contribution in [3.05, 3.63) is 64.2 Å². The first-order valence-corrected chi connectivity index (χ1v) is 15.2.